The minimum atomic E-state index is -1.44. The molecule has 24 heavy (non-hydrogen) atoms. The van der Waals surface area contributed by atoms with Crippen molar-refractivity contribution >= 4 is 27.5 Å². The second-order valence-electron chi connectivity index (χ2n) is 6.23. The van der Waals surface area contributed by atoms with Crippen LogP contribution in [0.2, 0.25) is 0 Å². The van der Waals surface area contributed by atoms with Crippen LogP contribution in [0.25, 0.3) is 11.0 Å². The van der Waals surface area contributed by atoms with Crippen molar-refractivity contribution in [2.24, 2.45) is 0 Å². The highest BCUT2D eigenvalue weighted by molar-refractivity contribution is 7.85. The smallest absolute Gasteiger partial charge is 0.202 e. The fraction of sp³-hybridized carbons (Fsp3) is 0.278. The molecule has 1 N–H and O–H groups in total. The Hall–Kier alpha value is -2.21. The zero-order valence-electron chi connectivity index (χ0n) is 13.5. The highest BCUT2D eigenvalue weighted by Gasteiger charge is 2.26. The Bertz CT molecular complexity index is 953. The van der Waals surface area contributed by atoms with Gasteiger partial charge in [0, 0.05) is 13.1 Å². The molecule has 0 radical (unpaired) electrons. The van der Waals surface area contributed by atoms with Crippen LogP contribution in [-0.2, 0) is 17.2 Å². The average Bonchev–Trinajstić information content (AvgIpc) is 3.00. The summed E-state index contributed by atoms with van der Waals surface area (Å²) in [6, 6.07) is 10.6. The van der Waals surface area contributed by atoms with Crippen molar-refractivity contribution in [3.8, 4) is 0 Å². The molecule has 124 valence electrons. The predicted octanol–water partition coefficient (Wildman–Crippen LogP) is 3.64. The molecule has 2 atom stereocenters. The van der Waals surface area contributed by atoms with Crippen LogP contribution in [0.5, 0.6) is 0 Å². The van der Waals surface area contributed by atoms with E-state index in [4.69, 9.17) is 0 Å². The van der Waals surface area contributed by atoms with Crippen LogP contribution < -0.4 is 4.90 Å². The molecule has 4 rings (SSSR count). The summed E-state index contributed by atoms with van der Waals surface area (Å²) in [5.74, 6) is -0.339. The van der Waals surface area contributed by atoms with Gasteiger partial charge in [0.25, 0.3) is 0 Å². The molecule has 6 heteroatoms. The minimum absolute atomic E-state index is 0.339. The molecule has 0 spiro atoms. The van der Waals surface area contributed by atoms with Gasteiger partial charge in [0.05, 0.1) is 21.6 Å². The maximum Gasteiger partial charge on any atom is 0.202 e. The van der Waals surface area contributed by atoms with Gasteiger partial charge >= 0.3 is 0 Å². The lowest BCUT2D eigenvalue weighted by Gasteiger charge is -2.35. The van der Waals surface area contributed by atoms with Crippen molar-refractivity contribution in [3.05, 3.63) is 47.8 Å². The summed E-state index contributed by atoms with van der Waals surface area (Å²) in [6.07, 6.45) is 2.07. The van der Waals surface area contributed by atoms with Crippen molar-refractivity contribution in [2.45, 2.75) is 35.9 Å². The fourth-order valence-corrected chi connectivity index (χ4v) is 4.49. The molecule has 0 amide bonds. The molecule has 0 aliphatic carbocycles. The Labute approximate surface area is 142 Å². The van der Waals surface area contributed by atoms with E-state index < -0.39 is 10.8 Å². The van der Waals surface area contributed by atoms with Gasteiger partial charge in [-0.15, -0.1) is 0 Å². The number of fused-ring (bicyclic) bond motifs is 2. The molecule has 0 bridgehead atoms. The first-order valence-corrected chi connectivity index (χ1v) is 9.11. The van der Waals surface area contributed by atoms with Crippen LogP contribution in [-0.4, -0.2) is 27.3 Å². The number of halogens is 1. The monoisotopic (exact) mass is 343 g/mol. The summed E-state index contributed by atoms with van der Waals surface area (Å²) in [6.45, 7) is 2.17. The lowest BCUT2D eigenvalue weighted by Crippen LogP contribution is -2.34. The number of imidazole rings is 1. The van der Waals surface area contributed by atoms with E-state index in [0.717, 1.165) is 23.4 Å². The van der Waals surface area contributed by atoms with Crippen LogP contribution in [0.15, 0.2) is 46.5 Å². The number of anilines is 1. The van der Waals surface area contributed by atoms with Gasteiger partial charge in [-0.1, -0.05) is 12.1 Å². The maximum absolute atomic E-state index is 13.4. The Morgan fingerprint density at radius 1 is 1.33 bits per heavy atom. The number of nitrogens with zero attached hydrogens (tertiary/aromatic N) is 2. The number of aromatic amines is 1. The van der Waals surface area contributed by atoms with Crippen LogP contribution in [0, 0.1) is 5.82 Å². The van der Waals surface area contributed by atoms with E-state index in [1.54, 1.807) is 6.07 Å². The minimum Gasteiger partial charge on any atom is -0.371 e. The number of H-pyrrole nitrogens is 1. The van der Waals surface area contributed by atoms with E-state index in [2.05, 4.69) is 27.9 Å². The number of aryl methyl sites for hydroxylation is 1. The van der Waals surface area contributed by atoms with Crippen LogP contribution in [0.3, 0.4) is 0 Å². The zero-order chi connectivity index (χ0) is 16.8. The summed E-state index contributed by atoms with van der Waals surface area (Å²) in [5.41, 5.74) is 3.42. The van der Waals surface area contributed by atoms with Crippen LogP contribution in [0.4, 0.5) is 10.1 Å². The second kappa shape index (κ2) is 5.70. The highest BCUT2D eigenvalue weighted by Crippen LogP contribution is 2.36. The average molecular weight is 343 g/mol. The van der Waals surface area contributed by atoms with Crippen molar-refractivity contribution < 1.29 is 8.60 Å². The molecule has 0 saturated carbocycles. The van der Waals surface area contributed by atoms with Crippen molar-refractivity contribution in [2.75, 3.05) is 11.9 Å². The third-order valence-electron chi connectivity index (χ3n) is 4.73. The van der Waals surface area contributed by atoms with Gasteiger partial charge in [-0.05, 0) is 49.6 Å². The first kappa shape index (κ1) is 15.3. The van der Waals surface area contributed by atoms with Gasteiger partial charge in [-0.3, -0.25) is 0 Å². The van der Waals surface area contributed by atoms with Gasteiger partial charge in [-0.25, -0.2) is 13.6 Å². The maximum atomic E-state index is 13.4. The topological polar surface area (TPSA) is 49.0 Å². The predicted molar refractivity (Wildman–Crippen MR) is 93.4 cm³/mol. The van der Waals surface area contributed by atoms with Gasteiger partial charge in [-0.2, -0.15) is 0 Å². The normalized spacial score (nSPS) is 18.6. The molecule has 3 aromatic rings. The van der Waals surface area contributed by atoms with E-state index in [-0.39, 0.29) is 5.82 Å². The quantitative estimate of drug-likeness (QED) is 0.773. The summed E-state index contributed by atoms with van der Waals surface area (Å²) >= 11 is 0. The SMILES string of the molecule is CC1CCc2cccc(S(=O)c3nc4ccc(F)cc4[nH]3)c2N1C. The third kappa shape index (κ3) is 2.41. The molecule has 1 aliphatic rings. The summed E-state index contributed by atoms with van der Waals surface area (Å²) in [4.78, 5) is 10.3. The van der Waals surface area contributed by atoms with E-state index in [9.17, 15) is 8.60 Å². The van der Waals surface area contributed by atoms with Gasteiger partial charge in [0.15, 0.2) is 0 Å². The molecule has 0 saturated heterocycles. The number of hydrogen-bond donors (Lipinski definition) is 1. The first-order chi connectivity index (χ1) is 11.5. The Kier molecular flexibility index (Phi) is 3.64. The van der Waals surface area contributed by atoms with Crippen LogP contribution >= 0.6 is 0 Å². The van der Waals surface area contributed by atoms with Gasteiger partial charge in [0.1, 0.15) is 16.6 Å². The first-order valence-electron chi connectivity index (χ1n) is 7.96. The second-order valence-corrected chi connectivity index (χ2v) is 7.60. The molecule has 2 heterocycles. The van der Waals surface area contributed by atoms with E-state index in [1.807, 2.05) is 19.2 Å². The van der Waals surface area contributed by atoms with Crippen molar-refractivity contribution in [1.82, 2.24) is 9.97 Å². The molecular weight excluding hydrogens is 325 g/mol. The molecular formula is C18H18FN3OS. The van der Waals surface area contributed by atoms with E-state index in [0.29, 0.717) is 22.2 Å². The Morgan fingerprint density at radius 2 is 2.17 bits per heavy atom. The highest BCUT2D eigenvalue weighted by atomic mass is 32.2. The van der Waals surface area contributed by atoms with Gasteiger partial charge in [0.2, 0.25) is 5.16 Å². The summed E-state index contributed by atoms with van der Waals surface area (Å²) in [5, 5.41) is 0.357. The lowest BCUT2D eigenvalue weighted by atomic mass is 9.97. The lowest BCUT2D eigenvalue weighted by molar-refractivity contribution is 0.592. The fourth-order valence-electron chi connectivity index (χ4n) is 3.25. The van der Waals surface area contributed by atoms with Crippen molar-refractivity contribution in [3.63, 3.8) is 0 Å². The third-order valence-corrected chi connectivity index (χ3v) is 6.00. The number of aromatic nitrogens is 2. The standard InChI is InChI=1S/C18H18FN3OS/c1-11-6-7-12-4-3-5-16(17(12)22(11)2)24(23)18-20-14-9-8-13(19)10-15(14)21-18/h3-5,8-11H,6-7H2,1-2H3,(H,20,21). The zero-order valence-corrected chi connectivity index (χ0v) is 14.4. The summed E-state index contributed by atoms with van der Waals surface area (Å²) in [7, 11) is 0.597. The number of benzene rings is 2. The molecule has 1 aliphatic heterocycles. The molecule has 1 aromatic heterocycles. The molecule has 2 unspecified atom stereocenters. The van der Waals surface area contributed by atoms with E-state index >= 15 is 0 Å². The number of nitrogens with one attached hydrogen (secondary N) is 1. The van der Waals surface area contributed by atoms with Gasteiger partial charge < -0.3 is 9.88 Å². The molecule has 4 nitrogen and oxygen atoms in total. The molecule has 2 aromatic carbocycles. The number of hydrogen-bond acceptors (Lipinski definition) is 3. The van der Waals surface area contributed by atoms with Crippen molar-refractivity contribution in [1.29, 1.82) is 0 Å². The van der Waals surface area contributed by atoms with E-state index in [1.165, 1.54) is 17.7 Å². The Balaban J connectivity index is 1.82. The number of rotatable bonds is 2. The summed E-state index contributed by atoms with van der Waals surface area (Å²) < 4.78 is 26.5. The largest absolute Gasteiger partial charge is 0.371 e. The molecule has 0 fully saturated rings. The Morgan fingerprint density at radius 3 is 3.00 bits per heavy atom. The van der Waals surface area contributed by atoms with Crippen LogP contribution in [0.1, 0.15) is 18.9 Å². The number of para-hydroxylation sites is 1.